The molecule has 0 nitrogen and oxygen atoms in total. The van der Waals surface area contributed by atoms with E-state index in [9.17, 15) is 0 Å². The van der Waals surface area contributed by atoms with Crippen LogP contribution in [0.1, 0.15) is 33.6 Å². The van der Waals surface area contributed by atoms with Crippen molar-refractivity contribution in [1.82, 2.24) is 0 Å². The maximum Gasteiger partial charge on any atom is -0.0205 e. The lowest BCUT2D eigenvalue weighted by atomic mass is 9.80. The maximum atomic E-state index is 3.86. The normalized spacial score (nSPS) is 37.9. The Morgan fingerprint density at radius 2 is 2.10 bits per heavy atom. The lowest BCUT2D eigenvalue weighted by Crippen LogP contribution is -2.17. The zero-order valence-electron chi connectivity index (χ0n) is 7.35. The molecule has 58 valence electrons. The topological polar surface area (TPSA) is 0 Å². The molecule has 1 rings (SSSR count). The fourth-order valence-electron chi connectivity index (χ4n) is 1.92. The van der Waals surface area contributed by atoms with Gasteiger partial charge in [-0.25, -0.2) is 0 Å². The highest BCUT2D eigenvalue weighted by atomic mass is 14.4. The lowest BCUT2D eigenvalue weighted by Gasteiger charge is -2.25. The molecule has 0 aromatic heterocycles. The van der Waals surface area contributed by atoms with E-state index in [1.165, 1.54) is 12.8 Å². The summed E-state index contributed by atoms with van der Waals surface area (Å²) in [6.07, 6.45) is 4.84. The van der Waals surface area contributed by atoms with E-state index in [2.05, 4.69) is 33.4 Å². The van der Waals surface area contributed by atoms with Crippen molar-refractivity contribution in [2.75, 3.05) is 0 Å². The Hall–Kier alpha value is -0.260. The SMILES string of the molecule is C=C[C@@H]1CCC(C)(C)[C@H]1C. The Bertz CT molecular complexity index is 133. The van der Waals surface area contributed by atoms with Gasteiger partial charge >= 0.3 is 0 Å². The van der Waals surface area contributed by atoms with Crippen LogP contribution in [0.15, 0.2) is 12.7 Å². The van der Waals surface area contributed by atoms with Crippen molar-refractivity contribution in [3.63, 3.8) is 0 Å². The number of hydrogen-bond donors (Lipinski definition) is 0. The molecule has 0 heterocycles. The van der Waals surface area contributed by atoms with Crippen LogP contribution >= 0.6 is 0 Å². The highest BCUT2D eigenvalue weighted by Crippen LogP contribution is 2.46. The second-order valence-electron chi connectivity index (χ2n) is 4.22. The molecule has 1 fully saturated rings. The molecule has 0 aromatic rings. The summed E-state index contributed by atoms with van der Waals surface area (Å²) in [6, 6.07) is 0. The highest BCUT2D eigenvalue weighted by Gasteiger charge is 2.36. The second kappa shape index (κ2) is 2.41. The van der Waals surface area contributed by atoms with Crippen LogP contribution in [-0.2, 0) is 0 Å². The average Bonchev–Trinajstić information content (AvgIpc) is 2.10. The van der Waals surface area contributed by atoms with Crippen molar-refractivity contribution in [3.8, 4) is 0 Å². The van der Waals surface area contributed by atoms with Crippen molar-refractivity contribution in [1.29, 1.82) is 0 Å². The largest absolute Gasteiger partial charge is 0.103 e. The molecule has 0 bridgehead atoms. The molecule has 1 aliphatic carbocycles. The maximum absolute atomic E-state index is 3.86. The molecule has 1 saturated carbocycles. The Kier molecular flexibility index (Phi) is 1.89. The fraction of sp³-hybridized carbons (Fsp3) is 0.800. The molecule has 0 heteroatoms. The van der Waals surface area contributed by atoms with E-state index >= 15 is 0 Å². The minimum atomic E-state index is 0.554. The van der Waals surface area contributed by atoms with Crippen molar-refractivity contribution >= 4 is 0 Å². The van der Waals surface area contributed by atoms with E-state index in [0.717, 1.165) is 11.8 Å². The smallest absolute Gasteiger partial charge is 0.0205 e. The van der Waals surface area contributed by atoms with E-state index in [1.54, 1.807) is 0 Å². The third-order valence-corrected chi connectivity index (χ3v) is 3.30. The number of allylic oxidation sites excluding steroid dienone is 1. The average molecular weight is 138 g/mol. The Labute approximate surface area is 64.3 Å². The molecule has 0 amide bonds. The summed E-state index contributed by atoms with van der Waals surface area (Å²) in [4.78, 5) is 0. The molecule has 10 heavy (non-hydrogen) atoms. The van der Waals surface area contributed by atoms with Crippen LogP contribution in [0.25, 0.3) is 0 Å². The van der Waals surface area contributed by atoms with Gasteiger partial charge in [-0.1, -0.05) is 26.8 Å². The van der Waals surface area contributed by atoms with Crippen molar-refractivity contribution in [3.05, 3.63) is 12.7 Å². The minimum absolute atomic E-state index is 0.554. The molecule has 0 spiro atoms. The minimum Gasteiger partial charge on any atom is -0.103 e. The fourth-order valence-corrected chi connectivity index (χ4v) is 1.92. The summed E-state index contributed by atoms with van der Waals surface area (Å²) in [5, 5.41) is 0. The van der Waals surface area contributed by atoms with Crippen LogP contribution in [0.4, 0.5) is 0 Å². The quantitative estimate of drug-likeness (QED) is 0.488. The van der Waals surface area contributed by atoms with Gasteiger partial charge in [0, 0.05) is 0 Å². The van der Waals surface area contributed by atoms with E-state index < -0.39 is 0 Å². The molecule has 1 aliphatic rings. The lowest BCUT2D eigenvalue weighted by molar-refractivity contribution is 0.259. The molecule has 0 aliphatic heterocycles. The van der Waals surface area contributed by atoms with Gasteiger partial charge in [0.2, 0.25) is 0 Å². The van der Waals surface area contributed by atoms with E-state index in [1.807, 2.05) is 0 Å². The van der Waals surface area contributed by atoms with Crippen molar-refractivity contribution in [2.45, 2.75) is 33.6 Å². The standard InChI is InChI=1S/C10H18/c1-5-9-6-7-10(3,4)8(9)2/h5,8-9H,1,6-7H2,2-4H3/t8-,9+/m0/s1. The molecule has 0 radical (unpaired) electrons. The van der Waals surface area contributed by atoms with Gasteiger partial charge in [0.15, 0.2) is 0 Å². The molecular weight excluding hydrogens is 120 g/mol. The zero-order chi connectivity index (χ0) is 7.78. The molecule has 0 unspecified atom stereocenters. The summed E-state index contributed by atoms with van der Waals surface area (Å²) in [6.45, 7) is 10.9. The number of hydrogen-bond acceptors (Lipinski definition) is 0. The summed E-state index contributed by atoms with van der Waals surface area (Å²) in [7, 11) is 0. The Balaban J connectivity index is 2.66. The summed E-state index contributed by atoms with van der Waals surface area (Å²) in [5.41, 5.74) is 0.554. The van der Waals surface area contributed by atoms with Crippen molar-refractivity contribution < 1.29 is 0 Å². The Morgan fingerprint density at radius 1 is 1.50 bits per heavy atom. The first-order valence-electron chi connectivity index (χ1n) is 4.20. The van der Waals surface area contributed by atoms with Gasteiger partial charge in [-0.3, -0.25) is 0 Å². The molecular formula is C10H18. The molecule has 0 aromatic carbocycles. The predicted molar refractivity (Wildman–Crippen MR) is 45.9 cm³/mol. The summed E-state index contributed by atoms with van der Waals surface area (Å²) in [5.74, 6) is 1.60. The molecule has 0 saturated heterocycles. The van der Waals surface area contributed by atoms with Gasteiger partial charge in [0.05, 0.1) is 0 Å². The monoisotopic (exact) mass is 138 g/mol. The van der Waals surface area contributed by atoms with E-state index in [-0.39, 0.29) is 0 Å². The molecule has 0 N–H and O–H groups in total. The first-order chi connectivity index (χ1) is 4.58. The van der Waals surface area contributed by atoms with Crippen LogP contribution in [0, 0.1) is 17.3 Å². The zero-order valence-corrected chi connectivity index (χ0v) is 7.35. The third-order valence-electron chi connectivity index (χ3n) is 3.30. The van der Waals surface area contributed by atoms with Crippen LogP contribution < -0.4 is 0 Å². The summed E-state index contributed by atoms with van der Waals surface area (Å²) < 4.78 is 0. The second-order valence-corrected chi connectivity index (χ2v) is 4.22. The van der Waals surface area contributed by atoms with Gasteiger partial charge in [-0.05, 0) is 30.1 Å². The third kappa shape index (κ3) is 1.12. The van der Waals surface area contributed by atoms with Crippen LogP contribution in [0.5, 0.6) is 0 Å². The van der Waals surface area contributed by atoms with Crippen molar-refractivity contribution in [2.24, 2.45) is 17.3 Å². The van der Waals surface area contributed by atoms with Gasteiger partial charge in [0.1, 0.15) is 0 Å². The Morgan fingerprint density at radius 3 is 2.30 bits per heavy atom. The van der Waals surface area contributed by atoms with Crippen LogP contribution in [-0.4, -0.2) is 0 Å². The number of rotatable bonds is 1. The first-order valence-corrected chi connectivity index (χ1v) is 4.20. The van der Waals surface area contributed by atoms with E-state index in [0.29, 0.717) is 5.41 Å². The van der Waals surface area contributed by atoms with Gasteiger partial charge in [-0.2, -0.15) is 0 Å². The summed E-state index contributed by atoms with van der Waals surface area (Å²) >= 11 is 0. The first kappa shape index (κ1) is 7.84. The molecule has 2 atom stereocenters. The van der Waals surface area contributed by atoms with Crippen LogP contribution in [0.2, 0.25) is 0 Å². The van der Waals surface area contributed by atoms with Gasteiger partial charge in [-0.15, -0.1) is 6.58 Å². The van der Waals surface area contributed by atoms with Crippen LogP contribution in [0.3, 0.4) is 0 Å². The predicted octanol–water partition coefficient (Wildman–Crippen LogP) is 3.24. The highest BCUT2D eigenvalue weighted by molar-refractivity contribution is 4.95. The van der Waals surface area contributed by atoms with Gasteiger partial charge < -0.3 is 0 Å². The van der Waals surface area contributed by atoms with E-state index in [4.69, 9.17) is 0 Å². The van der Waals surface area contributed by atoms with Gasteiger partial charge in [0.25, 0.3) is 0 Å².